The monoisotopic (exact) mass is 257 g/mol. The molecule has 5 heteroatoms. The molecular formula is C13H17F2NO2. The van der Waals surface area contributed by atoms with Crippen LogP contribution in [0.4, 0.5) is 8.78 Å². The molecule has 0 radical (unpaired) electrons. The van der Waals surface area contributed by atoms with Crippen LogP contribution in [-0.2, 0) is 11.2 Å². The second kappa shape index (κ2) is 6.44. The first-order valence-corrected chi connectivity index (χ1v) is 5.81. The third-order valence-electron chi connectivity index (χ3n) is 2.93. The highest BCUT2D eigenvalue weighted by Crippen LogP contribution is 2.21. The van der Waals surface area contributed by atoms with E-state index in [4.69, 9.17) is 10.8 Å². The zero-order chi connectivity index (χ0) is 13.7. The van der Waals surface area contributed by atoms with Crippen LogP contribution < -0.4 is 5.73 Å². The minimum atomic E-state index is -0.974. The molecule has 18 heavy (non-hydrogen) atoms. The minimum Gasteiger partial charge on any atom is -0.481 e. The summed E-state index contributed by atoms with van der Waals surface area (Å²) in [4.78, 5) is 10.8. The van der Waals surface area contributed by atoms with Gasteiger partial charge in [0.15, 0.2) is 0 Å². The zero-order valence-corrected chi connectivity index (χ0v) is 10.2. The van der Waals surface area contributed by atoms with Gasteiger partial charge in [-0.2, -0.15) is 0 Å². The highest BCUT2D eigenvalue weighted by Gasteiger charge is 2.20. The highest BCUT2D eigenvalue weighted by molar-refractivity contribution is 5.70. The quantitative estimate of drug-likeness (QED) is 0.821. The smallest absolute Gasteiger partial charge is 0.307 e. The van der Waals surface area contributed by atoms with Crippen LogP contribution in [0.3, 0.4) is 0 Å². The number of benzene rings is 1. The van der Waals surface area contributed by atoms with E-state index < -0.39 is 23.5 Å². The summed E-state index contributed by atoms with van der Waals surface area (Å²) in [6.45, 7) is 1.79. The van der Waals surface area contributed by atoms with Gasteiger partial charge in [-0.1, -0.05) is 13.0 Å². The van der Waals surface area contributed by atoms with Gasteiger partial charge in [0.05, 0.1) is 5.92 Å². The Morgan fingerprint density at radius 1 is 1.39 bits per heavy atom. The normalized spacial score (nSPS) is 14.2. The van der Waals surface area contributed by atoms with E-state index in [0.717, 1.165) is 0 Å². The first-order chi connectivity index (χ1) is 8.45. The fraction of sp³-hybridized carbons (Fsp3) is 0.462. The third kappa shape index (κ3) is 3.77. The summed E-state index contributed by atoms with van der Waals surface area (Å²) in [6.07, 6.45) is 0.474. The van der Waals surface area contributed by atoms with Crippen molar-refractivity contribution in [2.75, 3.05) is 6.54 Å². The maximum Gasteiger partial charge on any atom is 0.307 e. The average Bonchev–Trinajstić information content (AvgIpc) is 2.30. The van der Waals surface area contributed by atoms with Crippen molar-refractivity contribution in [2.24, 2.45) is 17.6 Å². The lowest BCUT2D eigenvalue weighted by atomic mass is 9.90. The van der Waals surface area contributed by atoms with Crippen molar-refractivity contribution in [3.8, 4) is 0 Å². The molecule has 0 aromatic heterocycles. The van der Waals surface area contributed by atoms with Crippen molar-refractivity contribution in [3.63, 3.8) is 0 Å². The Kier molecular flexibility index (Phi) is 5.22. The molecule has 0 spiro atoms. The van der Waals surface area contributed by atoms with Crippen molar-refractivity contribution in [3.05, 3.63) is 35.4 Å². The van der Waals surface area contributed by atoms with Gasteiger partial charge in [0.25, 0.3) is 0 Å². The third-order valence-corrected chi connectivity index (χ3v) is 2.93. The van der Waals surface area contributed by atoms with E-state index in [-0.39, 0.29) is 24.4 Å². The van der Waals surface area contributed by atoms with Crippen molar-refractivity contribution in [1.82, 2.24) is 0 Å². The van der Waals surface area contributed by atoms with Crippen LogP contribution in [0, 0.1) is 23.5 Å². The summed E-state index contributed by atoms with van der Waals surface area (Å²) in [7, 11) is 0. The fourth-order valence-electron chi connectivity index (χ4n) is 1.94. The molecule has 3 N–H and O–H groups in total. The topological polar surface area (TPSA) is 63.3 Å². The standard InChI is InChI=1S/C13H17F2NO2/c1-8(5-9(7-16)13(17)18)6-10-11(14)3-2-4-12(10)15/h2-4,8-9H,5-7,16H2,1H3,(H,17,18). The Hall–Kier alpha value is -1.49. The summed E-state index contributed by atoms with van der Waals surface area (Å²) in [5, 5.41) is 8.87. The van der Waals surface area contributed by atoms with Gasteiger partial charge >= 0.3 is 5.97 Å². The van der Waals surface area contributed by atoms with E-state index in [1.807, 2.05) is 0 Å². The van der Waals surface area contributed by atoms with E-state index in [1.165, 1.54) is 18.2 Å². The van der Waals surface area contributed by atoms with Gasteiger partial charge in [-0.25, -0.2) is 8.78 Å². The number of nitrogens with two attached hydrogens (primary N) is 1. The Morgan fingerprint density at radius 2 is 1.94 bits per heavy atom. The molecular weight excluding hydrogens is 240 g/mol. The molecule has 100 valence electrons. The van der Waals surface area contributed by atoms with Gasteiger partial charge in [0.1, 0.15) is 11.6 Å². The minimum absolute atomic E-state index is 0.00570. The number of carboxylic acids is 1. The summed E-state index contributed by atoms with van der Waals surface area (Å²) < 4.78 is 26.8. The number of aliphatic carboxylic acids is 1. The van der Waals surface area contributed by atoms with E-state index in [0.29, 0.717) is 6.42 Å². The maximum atomic E-state index is 13.4. The highest BCUT2D eigenvalue weighted by atomic mass is 19.1. The van der Waals surface area contributed by atoms with Gasteiger partial charge in [0, 0.05) is 12.1 Å². The molecule has 0 bridgehead atoms. The van der Waals surface area contributed by atoms with Crippen LogP contribution in [0.25, 0.3) is 0 Å². The molecule has 0 saturated heterocycles. The second-order valence-corrected chi connectivity index (χ2v) is 4.52. The van der Waals surface area contributed by atoms with Gasteiger partial charge < -0.3 is 10.8 Å². The van der Waals surface area contributed by atoms with Gasteiger partial charge in [0.2, 0.25) is 0 Å². The van der Waals surface area contributed by atoms with Crippen molar-refractivity contribution >= 4 is 5.97 Å². The van der Waals surface area contributed by atoms with Crippen molar-refractivity contribution in [2.45, 2.75) is 19.8 Å². The Balaban J connectivity index is 2.70. The Morgan fingerprint density at radius 3 is 2.39 bits per heavy atom. The average molecular weight is 257 g/mol. The van der Waals surface area contributed by atoms with Crippen LogP contribution >= 0.6 is 0 Å². The summed E-state index contributed by atoms with van der Waals surface area (Å²) in [6, 6.07) is 3.70. The largest absolute Gasteiger partial charge is 0.481 e. The SMILES string of the molecule is CC(Cc1c(F)cccc1F)CC(CN)C(=O)O. The molecule has 1 aromatic carbocycles. The fourth-order valence-corrected chi connectivity index (χ4v) is 1.94. The lowest BCUT2D eigenvalue weighted by Crippen LogP contribution is -2.25. The number of halogens is 2. The van der Waals surface area contributed by atoms with Crippen LogP contribution in [-0.4, -0.2) is 17.6 Å². The predicted molar refractivity (Wildman–Crippen MR) is 64.0 cm³/mol. The zero-order valence-electron chi connectivity index (χ0n) is 10.2. The molecule has 2 atom stereocenters. The lowest BCUT2D eigenvalue weighted by Gasteiger charge is -2.16. The van der Waals surface area contributed by atoms with Crippen molar-refractivity contribution in [1.29, 1.82) is 0 Å². The van der Waals surface area contributed by atoms with Crippen LogP contribution in [0.2, 0.25) is 0 Å². The van der Waals surface area contributed by atoms with E-state index >= 15 is 0 Å². The molecule has 0 amide bonds. The molecule has 1 aromatic rings. The predicted octanol–water partition coefficient (Wildman–Crippen LogP) is 2.19. The Bertz CT molecular complexity index is 403. The molecule has 0 aliphatic heterocycles. The molecule has 0 aliphatic carbocycles. The van der Waals surface area contributed by atoms with Gasteiger partial charge in [-0.15, -0.1) is 0 Å². The van der Waals surface area contributed by atoms with Gasteiger partial charge in [-0.05, 0) is 30.9 Å². The summed E-state index contributed by atoms with van der Waals surface area (Å²) >= 11 is 0. The first-order valence-electron chi connectivity index (χ1n) is 5.81. The number of rotatable bonds is 6. The number of hydrogen-bond donors (Lipinski definition) is 2. The van der Waals surface area contributed by atoms with E-state index in [2.05, 4.69) is 0 Å². The second-order valence-electron chi connectivity index (χ2n) is 4.52. The number of hydrogen-bond acceptors (Lipinski definition) is 2. The number of carbonyl (C=O) groups is 1. The molecule has 1 rings (SSSR count). The number of carboxylic acid groups (broad SMARTS) is 1. The molecule has 2 unspecified atom stereocenters. The maximum absolute atomic E-state index is 13.4. The van der Waals surface area contributed by atoms with Crippen molar-refractivity contribution < 1.29 is 18.7 Å². The lowest BCUT2D eigenvalue weighted by molar-refractivity contribution is -0.141. The Labute approximate surface area is 105 Å². The first kappa shape index (κ1) is 14.6. The van der Waals surface area contributed by atoms with E-state index in [1.54, 1.807) is 6.92 Å². The molecule has 0 saturated carbocycles. The van der Waals surface area contributed by atoms with Crippen LogP contribution in [0.15, 0.2) is 18.2 Å². The van der Waals surface area contributed by atoms with Crippen LogP contribution in [0.1, 0.15) is 18.9 Å². The summed E-state index contributed by atoms with van der Waals surface area (Å²) in [5.41, 5.74) is 5.35. The molecule has 3 nitrogen and oxygen atoms in total. The van der Waals surface area contributed by atoms with E-state index in [9.17, 15) is 13.6 Å². The summed E-state index contributed by atoms with van der Waals surface area (Å²) in [5.74, 6) is -2.99. The van der Waals surface area contributed by atoms with Crippen LogP contribution in [0.5, 0.6) is 0 Å². The van der Waals surface area contributed by atoms with Gasteiger partial charge in [-0.3, -0.25) is 4.79 Å². The molecule has 0 heterocycles. The molecule has 0 fully saturated rings. The molecule has 0 aliphatic rings.